The quantitative estimate of drug-likeness (QED) is 0.891. The Morgan fingerprint density at radius 2 is 2.44 bits per heavy atom. The van der Waals surface area contributed by atoms with Crippen LogP contribution in [0, 0.1) is 6.92 Å². The number of urea groups is 1. The lowest BCUT2D eigenvalue weighted by atomic mass is 9.84. The first-order valence-electron chi connectivity index (χ1n) is 6.38. The third-order valence-electron chi connectivity index (χ3n) is 3.91. The van der Waals surface area contributed by atoms with Crippen LogP contribution in [0.25, 0.3) is 0 Å². The molecule has 1 spiro atoms. The fraction of sp³-hybridized carbons (Fsp3) is 0.615. The summed E-state index contributed by atoms with van der Waals surface area (Å²) in [5.41, 5.74) is 0.00937. The molecule has 0 radical (unpaired) electrons. The summed E-state index contributed by atoms with van der Waals surface area (Å²) >= 11 is 1.73. The second-order valence-corrected chi connectivity index (χ2v) is 6.47. The molecule has 5 heteroatoms. The second kappa shape index (κ2) is 4.55. The lowest BCUT2D eigenvalue weighted by Crippen LogP contribution is -2.64. The minimum absolute atomic E-state index is 0.00937. The van der Waals surface area contributed by atoms with E-state index in [1.807, 2.05) is 4.90 Å². The molecule has 1 unspecified atom stereocenters. The summed E-state index contributed by atoms with van der Waals surface area (Å²) in [6.45, 7) is 5.06. The number of aryl methyl sites for hydroxylation is 1. The third kappa shape index (κ3) is 2.01. The number of carbonyl (C=O) groups excluding carboxylic acids is 1. The van der Waals surface area contributed by atoms with Crippen molar-refractivity contribution in [3.63, 3.8) is 0 Å². The highest BCUT2D eigenvalue weighted by Gasteiger charge is 2.49. The summed E-state index contributed by atoms with van der Waals surface area (Å²) < 4.78 is 5.43. The fourth-order valence-corrected chi connectivity index (χ4v) is 3.53. The van der Waals surface area contributed by atoms with E-state index in [0.717, 1.165) is 26.0 Å². The summed E-state index contributed by atoms with van der Waals surface area (Å²) in [7, 11) is 0. The molecule has 0 aliphatic carbocycles. The molecule has 1 aromatic rings. The first-order chi connectivity index (χ1) is 8.70. The molecule has 0 bridgehead atoms. The number of thiophene rings is 1. The van der Waals surface area contributed by atoms with Crippen molar-refractivity contribution in [1.82, 2.24) is 10.2 Å². The van der Waals surface area contributed by atoms with Crippen LogP contribution in [-0.4, -0.2) is 36.2 Å². The van der Waals surface area contributed by atoms with E-state index in [-0.39, 0.29) is 11.6 Å². The number of amides is 2. The second-order valence-electron chi connectivity index (χ2n) is 5.10. The molecule has 2 aliphatic heterocycles. The first kappa shape index (κ1) is 12.0. The van der Waals surface area contributed by atoms with Crippen molar-refractivity contribution in [3.05, 3.63) is 21.9 Å². The number of nitrogens with one attached hydrogen (secondary N) is 1. The van der Waals surface area contributed by atoms with Crippen LogP contribution in [-0.2, 0) is 11.3 Å². The Morgan fingerprint density at radius 1 is 1.56 bits per heavy atom. The van der Waals surface area contributed by atoms with Gasteiger partial charge in [-0.3, -0.25) is 0 Å². The van der Waals surface area contributed by atoms with E-state index >= 15 is 0 Å². The Labute approximate surface area is 111 Å². The van der Waals surface area contributed by atoms with Gasteiger partial charge in [0.2, 0.25) is 0 Å². The zero-order valence-corrected chi connectivity index (χ0v) is 11.4. The van der Waals surface area contributed by atoms with Crippen molar-refractivity contribution in [3.8, 4) is 0 Å². The number of likely N-dealkylation sites (tertiary alicyclic amines) is 1. The molecule has 98 valence electrons. The Kier molecular flexibility index (Phi) is 3.03. The highest BCUT2D eigenvalue weighted by Crippen LogP contribution is 2.37. The molecule has 2 fully saturated rings. The van der Waals surface area contributed by atoms with E-state index in [4.69, 9.17) is 4.74 Å². The number of ether oxygens (including phenoxy) is 1. The highest BCUT2D eigenvalue weighted by atomic mass is 32.1. The van der Waals surface area contributed by atoms with Crippen LogP contribution in [0.1, 0.15) is 22.6 Å². The molecule has 3 heterocycles. The predicted octanol–water partition coefficient (Wildman–Crippen LogP) is 2.13. The van der Waals surface area contributed by atoms with Crippen molar-refractivity contribution >= 4 is 17.4 Å². The molecule has 1 N–H and O–H groups in total. The van der Waals surface area contributed by atoms with Crippen LogP contribution in [0.2, 0.25) is 0 Å². The highest BCUT2D eigenvalue weighted by molar-refractivity contribution is 7.11. The maximum atomic E-state index is 12.1. The van der Waals surface area contributed by atoms with Crippen molar-refractivity contribution in [2.75, 3.05) is 19.8 Å². The minimum atomic E-state index is 0.00937. The maximum absolute atomic E-state index is 12.1. The average molecular weight is 266 g/mol. The summed E-state index contributed by atoms with van der Waals surface area (Å²) in [6, 6.07) is 4.21. The third-order valence-corrected chi connectivity index (χ3v) is 4.91. The van der Waals surface area contributed by atoms with Gasteiger partial charge in [0.25, 0.3) is 0 Å². The van der Waals surface area contributed by atoms with E-state index in [2.05, 4.69) is 24.4 Å². The summed E-state index contributed by atoms with van der Waals surface area (Å²) in [5, 5.41) is 3.01. The van der Waals surface area contributed by atoms with Gasteiger partial charge in [0.1, 0.15) is 0 Å². The number of rotatable bonds is 2. The summed E-state index contributed by atoms with van der Waals surface area (Å²) in [4.78, 5) is 16.6. The molecule has 0 saturated carbocycles. The monoisotopic (exact) mass is 266 g/mol. The van der Waals surface area contributed by atoms with Gasteiger partial charge in [-0.25, -0.2) is 4.79 Å². The SMILES string of the molecule is Cc1ccc(CNC(=O)N2CCC23CCOC3)s1. The van der Waals surface area contributed by atoms with Crippen LogP contribution in [0.15, 0.2) is 12.1 Å². The number of nitrogens with zero attached hydrogens (tertiary/aromatic N) is 1. The number of hydrogen-bond acceptors (Lipinski definition) is 3. The zero-order valence-electron chi connectivity index (χ0n) is 10.6. The topological polar surface area (TPSA) is 41.6 Å². The molecular weight excluding hydrogens is 248 g/mol. The van der Waals surface area contributed by atoms with E-state index < -0.39 is 0 Å². The van der Waals surface area contributed by atoms with Crippen molar-refractivity contribution in [1.29, 1.82) is 0 Å². The maximum Gasteiger partial charge on any atom is 0.318 e. The molecule has 3 rings (SSSR count). The standard InChI is InChI=1S/C13H18N2O2S/c1-10-2-3-11(18-10)8-14-12(16)15-6-4-13(15)5-7-17-9-13/h2-3H,4-9H2,1H3,(H,14,16). The van der Waals surface area contributed by atoms with Gasteiger partial charge in [0.05, 0.1) is 18.7 Å². The molecule has 4 nitrogen and oxygen atoms in total. The van der Waals surface area contributed by atoms with Gasteiger partial charge in [-0.15, -0.1) is 11.3 Å². The van der Waals surface area contributed by atoms with E-state index in [9.17, 15) is 4.79 Å². The largest absolute Gasteiger partial charge is 0.379 e. The van der Waals surface area contributed by atoms with Crippen molar-refractivity contribution < 1.29 is 9.53 Å². The average Bonchev–Trinajstić information content (AvgIpc) is 2.94. The molecule has 2 saturated heterocycles. The van der Waals surface area contributed by atoms with E-state index in [1.165, 1.54) is 9.75 Å². The van der Waals surface area contributed by atoms with E-state index in [0.29, 0.717) is 13.2 Å². The molecule has 0 aromatic carbocycles. The van der Waals surface area contributed by atoms with Gasteiger partial charge < -0.3 is 15.0 Å². The molecule has 18 heavy (non-hydrogen) atoms. The molecule has 2 aliphatic rings. The van der Waals surface area contributed by atoms with Gasteiger partial charge in [-0.05, 0) is 31.9 Å². The van der Waals surface area contributed by atoms with Gasteiger partial charge in [-0.2, -0.15) is 0 Å². The number of hydrogen-bond donors (Lipinski definition) is 1. The van der Waals surface area contributed by atoms with Crippen molar-refractivity contribution in [2.24, 2.45) is 0 Å². The van der Waals surface area contributed by atoms with Gasteiger partial charge in [0.15, 0.2) is 0 Å². The van der Waals surface area contributed by atoms with Crippen LogP contribution >= 0.6 is 11.3 Å². The number of carbonyl (C=O) groups is 1. The Hall–Kier alpha value is -1.07. The molecule has 1 atom stereocenters. The normalized spacial score (nSPS) is 26.4. The van der Waals surface area contributed by atoms with Gasteiger partial charge >= 0.3 is 6.03 Å². The Balaban J connectivity index is 1.55. The van der Waals surface area contributed by atoms with Crippen LogP contribution in [0.3, 0.4) is 0 Å². The first-order valence-corrected chi connectivity index (χ1v) is 7.20. The van der Waals surface area contributed by atoms with Gasteiger partial charge in [-0.1, -0.05) is 0 Å². The summed E-state index contributed by atoms with van der Waals surface area (Å²) in [5.74, 6) is 0. The Bertz CT molecular complexity index is 452. The zero-order chi connectivity index (χ0) is 12.6. The minimum Gasteiger partial charge on any atom is -0.379 e. The smallest absolute Gasteiger partial charge is 0.318 e. The van der Waals surface area contributed by atoms with E-state index in [1.54, 1.807) is 11.3 Å². The predicted molar refractivity (Wildman–Crippen MR) is 70.8 cm³/mol. The molecule has 2 amide bonds. The lowest BCUT2D eigenvalue weighted by Gasteiger charge is -2.49. The lowest BCUT2D eigenvalue weighted by molar-refractivity contribution is 0.0141. The summed E-state index contributed by atoms with van der Waals surface area (Å²) in [6.07, 6.45) is 2.07. The fourth-order valence-electron chi connectivity index (χ4n) is 2.70. The van der Waals surface area contributed by atoms with Crippen LogP contribution < -0.4 is 5.32 Å². The van der Waals surface area contributed by atoms with Crippen molar-refractivity contribution in [2.45, 2.75) is 31.8 Å². The van der Waals surface area contributed by atoms with Crippen LogP contribution in [0.5, 0.6) is 0 Å². The molecule has 1 aromatic heterocycles. The Morgan fingerprint density at radius 3 is 3.00 bits per heavy atom. The van der Waals surface area contributed by atoms with Crippen LogP contribution in [0.4, 0.5) is 4.79 Å². The van der Waals surface area contributed by atoms with Gasteiger partial charge in [0, 0.05) is 22.9 Å². The molecular formula is C13H18N2O2S.